The van der Waals surface area contributed by atoms with Crippen LogP contribution in [0.1, 0.15) is 24.9 Å². The van der Waals surface area contributed by atoms with Gasteiger partial charge >= 0.3 is 6.55 Å². The van der Waals surface area contributed by atoms with Gasteiger partial charge < -0.3 is 10.6 Å². The fourth-order valence-corrected chi connectivity index (χ4v) is 2.11. The van der Waals surface area contributed by atoms with Crippen LogP contribution in [0.15, 0.2) is 41.7 Å². The Morgan fingerprint density at radius 1 is 1.24 bits per heavy atom. The van der Waals surface area contributed by atoms with Crippen LogP contribution in [0.25, 0.3) is 0 Å². The summed E-state index contributed by atoms with van der Waals surface area (Å²) in [5.41, 5.74) is 0.994. The Morgan fingerprint density at radius 2 is 1.96 bits per heavy atom. The Bertz CT molecular complexity index is 658. The third kappa shape index (κ3) is 6.92. The van der Waals surface area contributed by atoms with Gasteiger partial charge in [0.05, 0.1) is 0 Å². The minimum absolute atomic E-state index is 0. The molecule has 0 fully saturated rings. The Labute approximate surface area is 161 Å². The zero-order valence-corrected chi connectivity index (χ0v) is 16.1. The van der Waals surface area contributed by atoms with Crippen LogP contribution in [0.3, 0.4) is 0 Å². The number of halogens is 4. The molecular weight excluding hydrogens is 446 g/mol. The van der Waals surface area contributed by atoms with E-state index < -0.39 is 6.55 Å². The Balaban J connectivity index is 0.00000312. The Hall–Kier alpha value is -1.78. The van der Waals surface area contributed by atoms with Crippen LogP contribution < -0.4 is 10.6 Å². The first-order valence-corrected chi connectivity index (χ1v) is 7.66. The Morgan fingerprint density at radius 3 is 2.60 bits per heavy atom. The number of hydrogen-bond acceptors (Lipinski definition) is 2. The highest BCUT2D eigenvalue weighted by atomic mass is 127. The van der Waals surface area contributed by atoms with E-state index in [4.69, 9.17) is 0 Å². The van der Waals surface area contributed by atoms with E-state index in [0.717, 1.165) is 10.1 Å². The van der Waals surface area contributed by atoms with Gasteiger partial charge in [-0.25, -0.2) is 14.4 Å². The monoisotopic (exact) mass is 467 g/mol. The third-order valence-corrected chi connectivity index (χ3v) is 3.30. The van der Waals surface area contributed by atoms with Crippen molar-refractivity contribution in [2.45, 2.75) is 26.4 Å². The molecule has 2 aromatic rings. The molecule has 0 amide bonds. The zero-order valence-electron chi connectivity index (χ0n) is 13.8. The summed E-state index contributed by atoms with van der Waals surface area (Å²) in [5.74, 6) is 0.445. The fourth-order valence-electron chi connectivity index (χ4n) is 2.11. The second-order valence-electron chi connectivity index (χ2n) is 5.03. The number of hydrogen-bond donors (Lipinski definition) is 2. The van der Waals surface area contributed by atoms with Gasteiger partial charge in [0.15, 0.2) is 5.96 Å². The summed E-state index contributed by atoms with van der Waals surface area (Å²) in [5, 5.41) is 6.16. The van der Waals surface area contributed by atoms with Gasteiger partial charge in [-0.15, -0.1) is 24.0 Å². The SMILES string of the molecule is CCNC(=NCc1nccn1C(F)F)NCCc1ccc(F)cc1.I. The van der Waals surface area contributed by atoms with Gasteiger partial charge in [0, 0.05) is 25.5 Å². The second kappa shape index (κ2) is 11.0. The van der Waals surface area contributed by atoms with E-state index in [-0.39, 0.29) is 42.2 Å². The maximum atomic E-state index is 12.9. The molecule has 2 N–H and O–H groups in total. The van der Waals surface area contributed by atoms with Crippen molar-refractivity contribution in [2.24, 2.45) is 4.99 Å². The molecule has 0 aliphatic heterocycles. The smallest absolute Gasteiger partial charge is 0.319 e. The van der Waals surface area contributed by atoms with Gasteiger partial charge in [-0.1, -0.05) is 12.1 Å². The van der Waals surface area contributed by atoms with E-state index in [0.29, 0.717) is 25.5 Å². The summed E-state index contributed by atoms with van der Waals surface area (Å²) < 4.78 is 39.2. The average molecular weight is 467 g/mol. The van der Waals surface area contributed by atoms with Gasteiger partial charge in [-0.2, -0.15) is 8.78 Å². The van der Waals surface area contributed by atoms with Crippen molar-refractivity contribution in [1.82, 2.24) is 20.2 Å². The lowest BCUT2D eigenvalue weighted by molar-refractivity contribution is 0.0671. The predicted molar refractivity (Wildman–Crippen MR) is 102 cm³/mol. The van der Waals surface area contributed by atoms with Crippen LogP contribution in [0.2, 0.25) is 0 Å². The van der Waals surface area contributed by atoms with Crippen LogP contribution in [0.4, 0.5) is 13.2 Å². The molecule has 0 saturated carbocycles. The molecule has 2 rings (SSSR count). The van der Waals surface area contributed by atoms with Crippen molar-refractivity contribution < 1.29 is 13.2 Å². The maximum Gasteiger partial charge on any atom is 0.319 e. The minimum Gasteiger partial charge on any atom is -0.357 e. The van der Waals surface area contributed by atoms with Crippen molar-refractivity contribution in [3.63, 3.8) is 0 Å². The van der Waals surface area contributed by atoms with Gasteiger partial charge in [0.25, 0.3) is 0 Å². The third-order valence-electron chi connectivity index (χ3n) is 3.30. The molecule has 0 aliphatic carbocycles. The quantitative estimate of drug-likeness (QED) is 0.373. The molecule has 0 spiro atoms. The van der Waals surface area contributed by atoms with Crippen molar-refractivity contribution in [3.8, 4) is 0 Å². The summed E-state index contributed by atoms with van der Waals surface area (Å²) in [6.07, 6.45) is 3.24. The lowest BCUT2D eigenvalue weighted by Gasteiger charge is -2.11. The standard InChI is InChI=1S/C16H20F3N5.HI/c1-2-20-16(22-8-7-12-3-5-13(17)6-4-12)23-11-14-21-9-10-24(14)15(18)19;/h3-6,9-10,15H,2,7-8,11H2,1H3,(H2,20,22,23);1H. The largest absolute Gasteiger partial charge is 0.357 e. The van der Waals surface area contributed by atoms with Gasteiger partial charge in [-0.3, -0.25) is 4.57 Å². The van der Waals surface area contributed by atoms with Crippen LogP contribution >= 0.6 is 24.0 Å². The minimum atomic E-state index is -2.63. The molecule has 0 aliphatic rings. The normalized spacial score (nSPS) is 11.3. The summed E-state index contributed by atoms with van der Waals surface area (Å²) in [6.45, 7) is 0.555. The van der Waals surface area contributed by atoms with Gasteiger partial charge in [0.1, 0.15) is 18.2 Å². The maximum absolute atomic E-state index is 12.9. The molecule has 138 valence electrons. The van der Waals surface area contributed by atoms with Crippen LogP contribution in [-0.2, 0) is 13.0 Å². The highest BCUT2D eigenvalue weighted by Gasteiger charge is 2.10. The molecule has 1 heterocycles. The molecule has 9 heteroatoms. The number of benzene rings is 1. The predicted octanol–water partition coefficient (Wildman–Crippen LogP) is 3.33. The first-order valence-electron chi connectivity index (χ1n) is 7.66. The summed E-state index contributed by atoms with van der Waals surface area (Å²) >= 11 is 0. The number of nitrogens with zero attached hydrogens (tertiary/aromatic N) is 3. The molecule has 1 aromatic carbocycles. The van der Waals surface area contributed by atoms with Crippen LogP contribution in [0.5, 0.6) is 0 Å². The molecule has 0 atom stereocenters. The second-order valence-corrected chi connectivity index (χ2v) is 5.03. The number of aromatic nitrogens is 2. The molecule has 0 unspecified atom stereocenters. The number of imidazole rings is 1. The Kier molecular flexibility index (Phi) is 9.32. The van der Waals surface area contributed by atoms with Gasteiger partial charge in [-0.05, 0) is 31.0 Å². The van der Waals surface area contributed by atoms with Crippen molar-refractivity contribution >= 4 is 29.9 Å². The fraction of sp³-hybridized carbons (Fsp3) is 0.375. The lowest BCUT2D eigenvalue weighted by atomic mass is 10.1. The van der Waals surface area contributed by atoms with Crippen molar-refractivity contribution in [2.75, 3.05) is 13.1 Å². The van der Waals surface area contributed by atoms with E-state index in [9.17, 15) is 13.2 Å². The van der Waals surface area contributed by atoms with Gasteiger partial charge in [0.2, 0.25) is 0 Å². The number of aliphatic imine (C=N–C) groups is 1. The number of alkyl halides is 2. The molecule has 1 aromatic heterocycles. The molecule has 0 radical (unpaired) electrons. The summed E-state index contributed by atoms with van der Waals surface area (Å²) in [6, 6.07) is 6.28. The molecule has 0 bridgehead atoms. The molecule has 0 saturated heterocycles. The van der Waals surface area contributed by atoms with Crippen molar-refractivity contribution in [1.29, 1.82) is 0 Å². The topological polar surface area (TPSA) is 54.2 Å². The number of rotatable bonds is 7. The lowest BCUT2D eigenvalue weighted by Crippen LogP contribution is -2.38. The molecular formula is C16H21F3IN5. The molecule has 25 heavy (non-hydrogen) atoms. The highest BCUT2D eigenvalue weighted by Crippen LogP contribution is 2.12. The summed E-state index contributed by atoms with van der Waals surface area (Å²) in [7, 11) is 0. The first kappa shape index (κ1) is 21.3. The summed E-state index contributed by atoms with van der Waals surface area (Å²) in [4.78, 5) is 8.15. The average Bonchev–Trinajstić information content (AvgIpc) is 3.03. The first-order chi connectivity index (χ1) is 11.6. The number of nitrogens with one attached hydrogen (secondary N) is 2. The van der Waals surface area contributed by atoms with E-state index in [1.807, 2.05) is 6.92 Å². The van der Waals surface area contributed by atoms with Crippen LogP contribution in [0, 0.1) is 5.82 Å². The van der Waals surface area contributed by atoms with E-state index in [1.165, 1.54) is 24.5 Å². The van der Waals surface area contributed by atoms with Crippen LogP contribution in [-0.4, -0.2) is 28.6 Å². The van der Waals surface area contributed by atoms with E-state index in [1.54, 1.807) is 12.1 Å². The zero-order chi connectivity index (χ0) is 17.4. The van der Waals surface area contributed by atoms with Crippen molar-refractivity contribution in [3.05, 3.63) is 53.9 Å². The number of guanidine groups is 1. The van der Waals surface area contributed by atoms with E-state index in [2.05, 4.69) is 20.6 Å². The highest BCUT2D eigenvalue weighted by molar-refractivity contribution is 14.0. The van der Waals surface area contributed by atoms with E-state index >= 15 is 0 Å². The molecule has 5 nitrogen and oxygen atoms in total.